The van der Waals surface area contributed by atoms with Crippen molar-refractivity contribution in [3.05, 3.63) is 101 Å². The van der Waals surface area contributed by atoms with E-state index in [0.29, 0.717) is 36.3 Å². The lowest BCUT2D eigenvalue weighted by atomic mass is 10.0. The number of hydrogen-bond donors (Lipinski definition) is 2. The molecule has 0 aliphatic carbocycles. The third-order valence-corrected chi connectivity index (χ3v) is 7.13. The highest BCUT2D eigenvalue weighted by atomic mass is 16.5. The Hall–Kier alpha value is -4.66. The average molecular weight is 558 g/mol. The fraction of sp³-hybridized carbons (Fsp3) is 0.312. The van der Waals surface area contributed by atoms with Gasteiger partial charge in [0, 0.05) is 25.1 Å². The van der Waals surface area contributed by atoms with Crippen LogP contribution < -0.4 is 10.1 Å². The van der Waals surface area contributed by atoms with E-state index in [1.54, 1.807) is 36.4 Å². The SMILES string of the molecule is COc1cccc(C(=O)N2CCCN(C(=O)CCc3ccccc3)C2C(=O)NC(CC(=O)O)c2cccc(C)c2)c1. The molecule has 0 aromatic heterocycles. The van der Waals surface area contributed by atoms with E-state index < -0.39 is 30.0 Å². The monoisotopic (exact) mass is 557 g/mol. The number of amides is 3. The number of ether oxygens (including phenoxy) is 1. The van der Waals surface area contributed by atoms with Gasteiger partial charge in [0.2, 0.25) is 5.91 Å². The van der Waals surface area contributed by atoms with E-state index in [9.17, 15) is 24.3 Å². The van der Waals surface area contributed by atoms with E-state index in [-0.39, 0.29) is 25.3 Å². The first kappa shape index (κ1) is 29.3. The molecule has 1 saturated heterocycles. The summed E-state index contributed by atoms with van der Waals surface area (Å²) >= 11 is 0. The van der Waals surface area contributed by atoms with Gasteiger partial charge in [-0.1, -0.05) is 66.2 Å². The van der Waals surface area contributed by atoms with E-state index in [2.05, 4.69) is 5.32 Å². The van der Waals surface area contributed by atoms with E-state index in [1.807, 2.05) is 49.4 Å². The largest absolute Gasteiger partial charge is 0.497 e. The molecular formula is C32H35N3O6. The molecular weight excluding hydrogens is 522 g/mol. The number of rotatable bonds is 10. The highest BCUT2D eigenvalue weighted by molar-refractivity contribution is 5.99. The van der Waals surface area contributed by atoms with Gasteiger partial charge < -0.3 is 25.0 Å². The van der Waals surface area contributed by atoms with Crippen molar-refractivity contribution in [3.63, 3.8) is 0 Å². The fourth-order valence-electron chi connectivity index (χ4n) is 5.10. The Kier molecular flexibility index (Phi) is 9.73. The Morgan fingerprint density at radius 2 is 1.68 bits per heavy atom. The molecule has 41 heavy (non-hydrogen) atoms. The van der Waals surface area contributed by atoms with Gasteiger partial charge in [-0.25, -0.2) is 0 Å². The van der Waals surface area contributed by atoms with E-state index >= 15 is 0 Å². The molecule has 3 amide bonds. The zero-order chi connectivity index (χ0) is 29.4. The van der Waals surface area contributed by atoms with Crippen LogP contribution in [0.2, 0.25) is 0 Å². The Morgan fingerprint density at radius 1 is 0.951 bits per heavy atom. The summed E-state index contributed by atoms with van der Waals surface area (Å²) in [5.41, 5.74) is 2.85. The second-order valence-corrected chi connectivity index (χ2v) is 10.1. The normalized spacial score (nSPS) is 15.6. The highest BCUT2D eigenvalue weighted by Crippen LogP contribution is 2.24. The highest BCUT2D eigenvalue weighted by Gasteiger charge is 2.41. The molecule has 4 rings (SSSR count). The number of carbonyl (C=O) groups is 4. The number of methoxy groups -OCH3 is 1. The molecule has 1 heterocycles. The standard InChI is InChI=1S/C32H35N3O6/c1-22-9-6-12-24(19-22)27(21-29(37)38)33-30(39)31-34(28(36)16-15-23-10-4-3-5-11-23)17-8-18-35(31)32(40)25-13-7-14-26(20-25)41-2/h3-7,9-14,19-20,27,31H,8,15-18,21H2,1-2H3,(H,33,39)(H,37,38). The second-order valence-electron chi connectivity index (χ2n) is 10.1. The number of aliphatic carboxylic acids is 1. The van der Waals surface area contributed by atoms with Gasteiger partial charge in [0.05, 0.1) is 19.6 Å². The van der Waals surface area contributed by atoms with Gasteiger partial charge in [-0.3, -0.25) is 19.2 Å². The van der Waals surface area contributed by atoms with Crippen molar-refractivity contribution in [2.75, 3.05) is 20.2 Å². The Labute approximate surface area is 239 Å². The van der Waals surface area contributed by atoms with Gasteiger partial charge >= 0.3 is 5.97 Å². The topological polar surface area (TPSA) is 116 Å². The van der Waals surface area contributed by atoms with Crippen LogP contribution in [0.15, 0.2) is 78.9 Å². The molecule has 1 aliphatic heterocycles. The van der Waals surface area contributed by atoms with Crippen molar-refractivity contribution < 1.29 is 29.0 Å². The van der Waals surface area contributed by atoms with Crippen molar-refractivity contribution >= 4 is 23.7 Å². The molecule has 0 radical (unpaired) electrons. The number of benzene rings is 3. The molecule has 2 unspecified atom stereocenters. The number of carboxylic acids is 1. The molecule has 0 saturated carbocycles. The van der Waals surface area contributed by atoms with Gasteiger partial charge in [0.15, 0.2) is 6.17 Å². The van der Waals surface area contributed by atoms with Crippen LogP contribution >= 0.6 is 0 Å². The predicted octanol–water partition coefficient (Wildman–Crippen LogP) is 3.97. The molecule has 2 N–H and O–H groups in total. The molecule has 9 heteroatoms. The number of nitrogens with one attached hydrogen (secondary N) is 1. The first-order valence-corrected chi connectivity index (χ1v) is 13.6. The molecule has 2 atom stereocenters. The summed E-state index contributed by atoms with van der Waals surface area (Å²) in [5, 5.41) is 12.4. The molecule has 0 spiro atoms. The zero-order valence-electron chi connectivity index (χ0n) is 23.3. The third kappa shape index (κ3) is 7.51. The number of hydrogen-bond acceptors (Lipinski definition) is 5. The van der Waals surface area contributed by atoms with Gasteiger partial charge in [0.1, 0.15) is 5.75 Å². The summed E-state index contributed by atoms with van der Waals surface area (Å²) in [4.78, 5) is 55.9. The molecule has 214 valence electrons. The summed E-state index contributed by atoms with van der Waals surface area (Å²) in [6.45, 7) is 2.43. The van der Waals surface area contributed by atoms with Gasteiger partial charge in [-0.15, -0.1) is 0 Å². The first-order valence-electron chi connectivity index (χ1n) is 13.6. The molecule has 3 aromatic carbocycles. The minimum atomic E-state index is -1.24. The molecule has 0 bridgehead atoms. The van der Waals surface area contributed by atoms with Crippen LogP contribution in [0.3, 0.4) is 0 Å². The van der Waals surface area contributed by atoms with Crippen molar-refractivity contribution in [3.8, 4) is 5.75 Å². The van der Waals surface area contributed by atoms with Crippen molar-refractivity contribution in [1.82, 2.24) is 15.1 Å². The van der Waals surface area contributed by atoms with Gasteiger partial charge in [-0.05, 0) is 49.1 Å². The lowest BCUT2D eigenvalue weighted by Crippen LogP contribution is -2.63. The summed E-state index contributed by atoms with van der Waals surface area (Å²) < 4.78 is 5.28. The van der Waals surface area contributed by atoms with Crippen LogP contribution in [-0.4, -0.2) is 65.0 Å². The Morgan fingerprint density at radius 3 is 2.39 bits per heavy atom. The Balaban J connectivity index is 1.65. The van der Waals surface area contributed by atoms with Crippen molar-refractivity contribution in [2.24, 2.45) is 0 Å². The van der Waals surface area contributed by atoms with E-state index in [0.717, 1.165) is 11.1 Å². The number of carboxylic acid groups (broad SMARTS) is 1. The lowest BCUT2D eigenvalue weighted by molar-refractivity contribution is -0.150. The molecule has 3 aromatic rings. The van der Waals surface area contributed by atoms with E-state index in [1.165, 1.54) is 16.9 Å². The summed E-state index contributed by atoms with van der Waals surface area (Å²) in [5.74, 6) is -1.88. The van der Waals surface area contributed by atoms with Crippen LogP contribution in [0.25, 0.3) is 0 Å². The second kappa shape index (κ2) is 13.6. The van der Waals surface area contributed by atoms with Crippen molar-refractivity contribution in [1.29, 1.82) is 0 Å². The maximum Gasteiger partial charge on any atom is 0.305 e. The van der Waals surface area contributed by atoms with Crippen LogP contribution in [0.5, 0.6) is 5.75 Å². The lowest BCUT2D eigenvalue weighted by Gasteiger charge is -2.43. The third-order valence-electron chi connectivity index (χ3n) is 7.13. The molecule has 9 nitrogen and oxygen atoms in total. The smallest absolute Gasteiger partial charge is 0.305 e. The maximum atomic E-state index is 14.0. The minimum absolute atomic E-state index is 0.158. The zero-order valence-corrected chi connectivity index (χ0v) is 23.3. The quantitative estimate of drug-likeness (QED) is 0.390. The van der Waals surface area contributed by atoms with Crippen molar-refractivity contribution in [2.45, 2.75) is 44.8 Å². The summed E-state index contributed by atoms with van der Waals surface area (Å²) in [6.07, 6.45) is -0.461. The summed E-state index contributed by atoms with van der Waals surface area (Å²) in [6, 6.07) is 22.6. The number of aryl methyl sites for hydroxylation is 2. The molecule has 1 aliphatic rings. The first-order chi connectivity index (χ1) is 19.8. The van der Waals surface area contributed by atoms with Gasteiger partial charge in [-0.2, -0.15) is 0 Å². The maximum absolute atomic E-state index is 14.0. The number of carbonyl (C=O) groups excluding carboxylic acids is 3. The van der Waals surface area contributed by atoms with Crippen LogP contribution in [0.1, 0.15) is 52.4 Å². The van der Waals surface area contributed by atoms with Gasteiger partial charge in [0.25, 0.3) is 11.8 Å². The van der Waals surface area contributed by atoms with Crippen LogP contribution in [0, 0.1) is 6.92 Å². The van der Waals surface area contributed by atoms with Crippen LogP contribution in [-0.2, 0) is 20.8 Å². The molecule has 1 fully saturated rings. The summed E-state index contributed by atoms with van der Waals surface area (Å²) in [7, 11) is 1.50. The fourth-order valence-corrected chi connectivity index (χ4v) is 5.10. The Bertz CT molecular complexity index is 1390. The van der Waals surface area contributed by atoms with Crippen LogP contribution in [0.4, 0.5) is 0 Å². The average Bonchev–Trinajstić information content (AvgIpc) is 2.99. The predicted molar refractivity (Wildman–Crippen MR) is 153 cm³/mol. The van der Waals surface area contributed by atoms with E-state index in [4.69, 9.17) is 4.74 Å². The minimum Gasteiger partial charge on any atom is -0.497 e. The number of nitrogens with zero attached hydrogens (tertiary/aromatic N) is 2.